The Bertz CT molecular complexity index is 915. The molecule has 3 unspecified atom stereocenters. The number of hydrogen-bond acceptors (Lipinski definition) is 6. The summed E-state index contributed by atoms with van der Waals surface area (Å²) >= 11 is 0. The van der Waals surface area contributed by atoms with Gasteiger partial charge in [0.2, 0.25) is 5.89 Å². The molecule has 0 aliphatic carbocycles. The summed E-state index contributed by atoms with van der Waals surface area (Å²) in [6, 6.07) is 3.64. The molecular weight excluding hydrogens is 377 g/mol. The summed E-state index contributed by atoms with van der Waals surface area (Å²) < 4.78 is 50.8. The van der Waals surface area contributed by atoms with Gasteiger partial charge in [-0.3, -0.25) is 4.79 Å². The van der Waals surface area contributed by atoms with Gasteiger partial charge in [0.25, 0.3) is 11.9 Å². The van der Waals surface area contributed by atoms with Gasteiger partial charge in [-0.25, -0.2) is 23.1 Å². The maximum absolute atomic E-state index is 14.5. The standard InChI is InChI=1S/C18H19F3N4O3/c1-9(20)14-6-18(2,25-17(22)28-14)11-5-10(3-4-12(11)21)23-16(26)13-8-27-15(7-19)24-13/h3-5,8-9,14H,6-7H2,1-2H3,(H2,22,25)(H,23,26). The minimum absolute atomic E-state index is 0.0584. The molecule has 0 radical (unpaired) electrons. The number of carbonyl (C=O) groups is 1. The molecule has 2 heterocycles. The topological polar surface area (TPSA) is 103 Å². The number of ether oxygens (including phenoxy) is 1. The molecule has 10 heteroatoms. The first kappa shape index (κ1) is 19.7. The summed E-state index contributed by atoms with van der Waals surface area (Å²) in [7, 11) is 0. The van der Waals surface area contributed by atoms with Crippen LogP contribution in [0, 0.1) is 5.82 Å². The number of benzene rings is 1. The minimum Gasteiger partial charge on any atom is -0.459 e. The van der Waals surface area contributed by atoms with Crippen molar-refractivity contribution in [2.45, 2.75) is 44.8 Å². The zero-order valence-corrected chi connectivity index (χ0v) is 15.2. The van der Waals surface area contributed by atoms with Crippen molar-refractivity contribution in [2.75, 3.05) is 5.32 Å². The molecule has 3 atom stereocenters. The lowest BCUT2D eigenvalue weighted by molar-refractivity contribution is 0.0528. The molecule has 1 aliphatic heterocycles. The number of aliphatic imine (C=N–C) groups is 1. The van der Waals surface area contributed by atoms with E-state index < -0.39 is 36.2 Å². The Hall–Kier alpha value is -3.04. The summed E-state index contributed by atoms with van der Waals surface area (Å²) in [5, 5.41) is 2.53. The largest absolute Gasteiger partial charge is 0.459 e. The zero-order valence-electron chi connectivity index (χ0n) is 15.2. The van der Waals surface area contributed by atoms with Crippen molar-refractivity contribution in [1.82, 2.24) is 4.98 Å². The Labute approximate surface area is 158 Å². The van der Waals surface area contributed by atoms with Gasteiger partial charge in [0, 0.05) is 17.7 Å². The molecule has 0 saturated carbocycles. The molecule has 150 valence electrons. The van der Waals surface area contributed by atoms with Gasteiger partial charge >= 0.3 is 0 Å². The highest BCUT2D eigenvalue weighted by Gasteiger charge is 2.39. The summed E-state index contributed by atoms with van der Waals surface area (Å²) in [5.41, 5.74) is 4.71. The second-order valence-corrected chi connectivity index (χ2v) is 6.67. The molecule has 1 aromatic heterocycles. The molecule has 7 nitrogen and oxygen atoms in total. The number of anilines is 1. The molecule has 28 heavy (non-hydrogen) atoms. The van der Waals surface area contributed by atoms with E-state index in [-0.39, 0.29) is 35.3 Å². The quantitative estimate of drug-likeness (QED) is 0.808. The second-order valence-electron chi connectivity index (χ2n) is 6.67. The van der Waals surface area contributed by atoms with Crippen LogP contribution in [0.25, 0.3) is 0 Å². The molecule has 1 amide bonds. The number of oxazole rings is 1. The summed E-state index contributed by atoms with van der Waals surface area (Å²) in [6.07, 6.45) is -1.14. The van der Waals surface area contributed by atoms with Gasteiger partial charge in [0.15, 0.2) is 12.4 Å². The van der Waals surface area contributed by atoms with Gasteiger partial charge in [-0.05, 0) is 32.0 Å². The van der Waals surface area contributed by atoms with Crippen molar-refractivity contribution in [3.8, 4) is 0 Å². The van der Waals surface area contributed by atoms with E-state index in [0.29, 0.717) is 0 Å². The zero-order chi connectivity index (χ0) is 20.5. The van der Waals surface area contributed by atoms with Crippen LogP contribution >= 0.6 is 0 Å². The number of rotatable bonds is 5. The van der Waals surface area contributed by atoms with Crippen LogP contribution in [0.1, 0.15) is 42.2 Å². The Morgan fingerprint density at radius 3 is 2.89 bits per heavy atom. The number of hydrogen-bond donors (Lipinski definition) is 2. The summed E-state index contributed by atoms with van der Waals surface area (Å²) in [4.78, 5) is 20.1. The SMILES string of the molecule is CC(F)C1CC(C)(c2cc(NC(=O)c3coc(CF)n3)ccc2F)N=C(N)O1. The third-order valence-electron chi connectivity index (χ3n) is 4.44. The van der Waals surface area contributed by atoms with Crippen molar-refractivity contribution in [1.29, 1.82) is 0 Å². The fourth-order valence-corrected chi connectivity index (χ4v) is 3.02. The molecule has 1 aliphatic rings. The third-order valence-corrected chi connectivity index (χ3v) is 4.44. The first-order valence-electron chi connectivity index (χ1n) is 8.49. The number of aromatic nitrogens is 1. The monoisotopic (exact) mass is 396 g/mol. The molecule has 0 spiro atoms. The van der Waals surface area contributed by atoms with E-state index in [9.17, 15) is 18.0 Å². The molecular formula is C18H19F3N4O3. The van der Waals surface area contributed by atoms with E-state index in [2.05, 4.69) is 15.3 Å². The van der Waals surface area contributed by atoms with Gasteiger partial charge in [0.05, 0.1) is 5.54 Å². The smallest absolute Gasteiger partial charge is 0.283 e. The number of alkyl halides is 2. The van der Waals surface area contributed by atoms with Crippen LogP contribution in [0.3, 0.4) is 0 Å². The van der Waals surface area contributed by atoms with Gasteiger partial charge in [-0.15, -0.1) is 0 Å². The van der Waals surface area contributed by atoms with Gasteiger partial charge < -0.3 is 20.2 Å². The molecule has 1 aromatic carbocycles. The van der Waals surface area contributed by atoms with Crippen molar-refractivity contribution in [3.05, 3.63) is 47.4 Å². The first-order valence-corrected chi connectivity index (χ1v) is 8.49. The Kier molecular flexibility index (Phi) is 5.30. The van der Waals surface area contributed by atoms with E-state index in [1.807, 2.05) is 0 Å². The predicted molar refractivity (Wildman–Crippen MR) is 94.7 cm³/mol. The number of carbonyl (C=O) groups excluding carboxylic acids is 1. The lowest BCUT2D eigenvalue weighted by Gasteiger charge is -2.36. The maximum atomic E-state index is 14.5. The summed E-state index contributed by atoms with van der Waals surface area (Å²) in [6.45, 7) is 1.98. The Morgan fingerprint density at radius 1 is 1.50 bits per heavy atom. The van der Waals surface area contributed by atoms with E-state index in [4.69, 9.17) is 14.9 Å². The first-order chi connectivity index (χ1) is 13.2. The van der Waals surface area contributed by atoms with Crippen molar-refractivity contribution >= 4 is 17.6 Å². The lowest BCUT2D eigenvalue weighted by Crippen LogP contribution is -2.42. The van der Waals surface area contributed by atoms with E-state index in [0.717, 1.165) is 12.3 Å². The van der Waals surface area contributed by atoms with Crippen LogP contribution in [-0.4, -0.2) is 29.2 Å². The number of amides is 1. The van der Waals surface area contributed by atoms with E-state index >= 15 is 0 Å². The number of nitrogens with zero attached hydrogens (tertiary/aromatic N) is 2. The van der Waals surface area contributed by atoms with E-state index in [1.54, 1.807) is 6.92 Å². The average Bonchev–Trinajstić information content (AvgIpc) is 3.12. The van der Waals surface area contributed by atoms with E-state index in [1.165, 1.54) is 19.1 Å². The fraction of sp³-hybridized carbons (Fsp3) is 0.389. The normalized spacial score (nSPS) is 22.9. The highest BCUT2D eigenvalue weighted by Crippen LogP contribution is 2.38. The summed E-state index contributed by atoms with van der Waals surface area (Å²) in [5.74, 6) is -1.47. The number of amidine groups is 1. The average molecular weight is 396 g/mol. The molecule has 3 N–H and O–H groups in total. The minimum atomic E-state index is -1.34. The highest BCUT2D eigenvalue weighted by molar-refractivity contribution is 6.02. The van der Waals surface area contributed by atoms with Gasteiger partial charge in [-0.1, -0.05) is 0 Å². The lowest BCUT2D eigenvalue weighted by atomic mass is 9.84. The maximum Gasteiger partial charge on any atom is 0.283 e. The molecule has 0 fully saturated rings. The molecule has 2 aromatic rings. The van der Waals surface area contributed by atoms with Gasteiger partial charge in [0.1, 0.15) is 24.4 Å². The third kappa shape index (κ3) is 3.95. The van der Waals surface area contributed by atoms with Gasteiger partial charge in [-0.2, -0.15) is 0 Å². The van der Waals surface area contributed by atoms with Crippen LogP contribution in [-0.2, 0) is 17.0 Å². The Morgan fingerprint density at radius 2 is 2.25 bits per heavy atom. The van der Waals surface area contributed by atoms with Crippen LogP contribution in [0.4, 0.5) is 18.9 Å². The van der Waals surface area contributed by atoms with Crippen molar-refractivity contribution in [3.63, 3.8) is 0 Å². The fourth-order valence-electron chi connectivity index (χ4n) is 3.02. The van der Waals surface area contributed by atoms with Crippen molar-refractivity contribution < 1.29 is 27.1 Å². The number of halogens is 3. The molecule has 0 saturated heterocycles. The van der Waals surface area contributed by atoms with Crippen LogP contribution in [0.2, 0.25) is 0 Å². The van der Waals surface area contributed by atoms with Crippen LogP contribution < -0.4 is 11.1 Å². The van der Waals surface area contributed by atoms with Crippen LogP contribution in [0.5, 0.6) is 0 Å². The molecule has 3 rings (SSSR count). The highest BCUT2D eigenvalue weighted by atomic mass is 19.1. The number of nitrogens with one attached hydrogen (secondary N) is 1. The van der Waals surface area contributed by atoms with Crippen molar-refractivity contribution in [2.24, 2.45) is 10.7 Å². The Balaban J connectivity index is 1.89. The second kappa shape index (κ2) is 7.53. The molecule has 0 bridgehead atoms. The van der Waals surface area contributed by atoms with Crippen LogP contribution in [0.15, 0.2) is 33.9 Å². The number of nitrogens with two attached hydrogens (primary N) is 1. The predicted octanol–water partition coefficient (Wildman–Crippen LogP) is 3.21.